The zero-order valence-electron chi connectivity index (χ0n) is 12.9. The number of hydrogen-bond acceptors (Lipinski definition) is 4. The van der Waals surface area contributed by atoms with E-state index >= 15 is 0 Å². The molecule has 6 heteroatoms. The molecule has 1 amide bonds. The lowest BCUT2D eigenvalue weighted by molar-refractivity contribution is 0.0348. The van der Waals surface area contributed by atoms with Gasteiger partial charge in [-0.15, -0.1) is 22.7 Å². The Balaban J connectivity index is 1.78. The summed E-state index contributed by atoms with van der Waals surface area (Å²) in [5, 5.41) is 0. The second kappa shape index (κ2) is 5.88. The fraction of sp³-hybridized carbons (Fsp3) is 0.471. The van der Waals surface area contributed by atoms with Gasteiger partial charge in [-0.05, 0) is 62.5 Å². The lowest BCUT2D eigenvalue weighted by Crippen LogP contribution is -2.52. The van der Waals surface area contributed by atoms with E-state index in [0.717, 1.165) is 24.5 Å². The second-order valence-electron chi connectivity index (χ2n) is 6.50. The molecule has 3 saturated heterocycles. The largest absolute Gasteiger partial charge is 0.365 e. The van der Waals surface area contributed by atoms with Crippen molar-refractivity contribution in [1.82, 2.24) is 4.90 Å². The summed E-state index contributed by atoms with van der Waals surface area (Å²) in [5.74, 6) is 0.783. The number of primary amides is 1. The highest BCUT2D eigenvalue weighted by molar-refractivity contribution is 7.24. The number of carbonyl (C=O) groups is 1. The predicted molar refractivity (Wildman–Crippen MR) is 97.7 cm³/mol. The van der Waals surface area contributed by atoms with Crippen molar-refractivity contribution in [2.24, 2.45) is 11.7 Å². The average molecular weight is 367 g/mol. The summed E-state index contributed by atoms with van der Waals surface area (Å²) in [4.78, 5) is 17.5. The first kappa shape index (κ1) is 15.6. The fourth-order valence-electron chi connectivity index (χ4n) is 4.23. The van der Waals surface area contributed by atoms with Gasteiger partial charge in [-0.3, -0.25) is 4.79 Å². The van der Waals surface area contributed by atoms with Crippen molar-refractivity contribution < 1.29 is 4.79 Å². The van der Waals surface area contributed by atoms with E-state index in [1.54, 1.807) is 11.3 Å². The Bertz CT molecular complexity index is 744. The molecule has 2 bridgehead atoms. The molecule has 122 valence electrons. The number of fused-ring (bicyclic) bond motifs is 3. The van der Waals surface area contributed by atoms with Gasteiger partial charge >= 0.3 is 0 Å². The number of halogens is 1. The van der Waals surface area contributed by atoms with E-state index in [9.17, 15) is 4.79 Å². The van der Waals surface area contributed by atoms with Gasteiger partial charge in [-0.2, -0.15) is 0 Å². The number of rotatable bonds is 3. The molecule has 0 radical (unpaired) electrons. The van der Waals surface area contributed by atoms with Crippen LogP contribution in [0.15, 0.2) is 18.2 Å². The average Bonchev–Trinajstić information content (AvgIpc) is 3.15. The number of hydrogen-bond donors (Lipinski definition) is 1. The Labute approximate surface area is 149 Å². The highest BCUT2D eigenvalue weighted by Crippen LogP contribution is 2.48. The maximum absolute atomic E-state index is 12.0. The lowest BCUT2D eigenvalue weighted by Gasteiger charge is -2.50. The minimum Gasteiger partial charge on any atom is -0.365 e. The number of nitrogens with zero attached hydrogens (tertiary/aromatic N) is 1. The standard InChI is InChI=1S/C17H19ClN2OS2/c1-9-15(10-4-6-20(9)7-5-10)11-8-13(23-16(11)17(19)21)12-2-3-14(18)22-12/h2-3,8-10,15H,4-7H2,1H3,(H2,19,21)/t9-,15+/m0/s1. The minimum absolute atomic E-state index is 0.303. The third-order valence-corrected chi connectivity index (χ3v) is 7.93. The molecule has 0 saturated carbocycles. The Morgan fingerprint density at radius 1 is 1.26 bits per heavy atom. The van der Waals surface area contributed by atoms with Gasteiger partial charge in [-0.1, -0.05) is 11.6 Å². The smallest absolute Gasteiger partial charge is 0.259 e. The highest BCUT2D eigenvalue weighted by atomic mass is 35.5. The van der Waals surface area contributed by atoms with E-state index in [2.05, 4.69) is 17.9 Å². The lowest BCUT2D eigenvalue weighted by atomic mass is 9.71. The Hall–Kier alpha value is -0.880. The summed E-state index contributed by atoms with van der Waals surface area (Å²) < 4.78 is 0.770. The molecule has 5 heterocycles. The fourth-order valence-corrected chi connectivity index (χ4v) is 6.43. The molecule has 3 aliphatic rings. The van der Waals surface area contributed by atoms with Crippen molar-refractivity contribution in [3.05, 3.63) is 33.0 Å². The van der Waals surface area contributed by atoms with Crippen molar-refractivity contribution in [2.75, 3.05) is 13.1 Å². The Morgan fingerprint density at radius 3 is 2.57 bits per heavy atom. The third kappa shape index (κ3) is 2.64. The summed E-state index contributed by atoms with van der Waals surface area (Å²) in [7, 11) is 0. The maximum atomic E-state index is 12.0. The number of thiophene rings is 2. The zero-order chi connectivity index (χ0) is 16.1. The summed E-state index contributed by atoms with van der Waals surface area (Å²) in [6.07, 6.45) is 2.45. The molecule has 23 heavy (non-hydrogen) atoms. The van der Waals surface area contributed by atoms with Gasteiger partial charge in [0.15, 0.2) is 0 Å². The molecule has 0 spiro atoms. The van der Waals surface area contributed by atoms with Gasteiger partial charge < -0.3 is 10.6 Å². The molecule has 0 aromatic carbocycles. The van der Waals surface area contributed by atoms with Crippen LogP contribution in [0.3, 0.4) is 0 Å². The molecule has 2 aromatic heterocycles. The van der Waals surface area contributed by atoms with Crippen LogP contribution in [-0.2, 0) is 0 Å². The van der Waals surface area contributed by atoms with Gasteiger partial charge in [0.25, 0.3) is 5.91 Å². The van der Waals surface area contributed by atoms with E-state index in [-0.39, 0.29) is 5.91 Å². The Morgan fingerprint density at radius 2 is 2.00 bits per heavy atom. The van der Waals surface area contributed by atoms with Gasteiger partial charge in [0.05, 0.1) is 9.21 Å². The molecule has 2 aromatic rings. The number of nitrogens with two attached hydrogens (primary N) is 1. The van der Waals surface area contributed by atoms with Crippen LogP contribution in [0.1, 0.15) is 40.9 Å². The third-order valence-electron chi connectivity index (χ3n) is 5.34. The van der Waals surface area contributed by atoms with Gasteiger partial charge in [0.2, 0.25) is 0 Å². The second-order valence-corrected chi connectivity index (χ2v) is 9.27. The SMILES string of the molecule is C[C@H]1[C@@H](c2cc(-c3ccc(Cl)s3)sc2C(N)=O)C2CCN1CC2. The van der Waals surface area contributed by atoms with Gasteiger partial charge in [0, 0.05) is 21.7 Å². The normalized spacial score (nSPS) is 29.8. The topological polar surface area (TPSA) is 46.3 Å². The van der Waals surface area contributed by atoms with Gasteiger partial charge in [-0.25, -0.2) is 0 Å². The van der Waals surface area contributed by atoms with Crippen LogP contribution in [0.2, 0.25) is 4.34 Å². The minimum atomic E-state index is -0.303. The van der Waals surface area contributed by atoms with Crippen molar-refractivity contribution >= 4 is 40.2 Å². The van der Waals surface area contributed by atoms with E-state index < -0.39 is 0 Å². The van der Waals surface area contributed by atoms with Crippen molar-refractivity contribution in [3.8, 4) is 9.75 Å². The summed E-state index contributed by atoms with van der Waals surface area (Å²) in [6.45, 7) is 4.66. The quantitative estimate of drug-likeness (QED) is 0.873. The molecule has 2 atom stereocenters. The van der Waals surface area contributed by atoms with Crippen molar-refractivity contribution in [2.45, 2.75) is 31.7 Å². The molecule has 2 N–H and O–H groups in total. The number of carbonyl (C=O) groups excluding carboxylic acids is 1. The molecule has 3 nitrogen and oxygen atoms in total. The van der Waals surface area contributed by atoms with E-state index in [4.69, 9.17) is 17.3 Å². The predicted octanol–water partition coefficient (Wildman–Crippen LogP) is 4.43. The molecule has 3 fully saturated rings. The summed E-state index contributed by atoms with van der Waals surface area (Å²) in [5.41, 5.74) is 6.85. The van der Waals surface area contributed by atoms with Gasteiger partial charge in [0.1, 0.15) is 0 Å². The molecule has 5 rings (SSSR count). The first-order valence-corrected chi connectivity index (χ1v) is 9.99. The first-order valence-electron chi connectivity index (χ1n) is 7.98. The summed E-state index contributed by atoms with van der Waals surface area (Å²) >= 11 is 9.13. The van der Waals surface area contributed by atoms with E-state index in [1.165, 1.54) is 37.3 Å². The van der Waals surface area contributed by atoms with E-state index in [0.29, 0.717) is 17.9 Å². The van der Waals surface area contributed by atoms with Crippen molar-refractivity contribution in [3.63, 3.8) is 0 Å². The van der Waals surface area contributed by atoms with Crippen LogP contribution in [0, 0.1) is 5.92 Å². The number of amides is 1. The van der Waals surface area contributed by atoms with E-state index in [1.807, 2.05) is 12.1 Å². The number of piperidine rings is 3. The van der Waals surface area contributed by atoms with Crippen LogP contribution in [-0.4, -0.2) is 29.9 Å². The van der Waals surface area contributed by atoms with Crippen molar-refractivity contribution in [1.29, 1.82) is 0 Å². The van der Waals surface area contributed by atoms with Crippen LogP contribution >= 0.6 is 34.3 Å². The molecular formula is C17H19ClN2OS2. The zero-order valence-corrected chi connectivity index (χ0v) is 15.3. The van der Waals surface area contributed by atoms with Crippen LogP contribution < -0.4 is 5.73 Å². The molecular weight excluding hydrogens is 348 g/mol. The van der Waals surface area contributed by atoms with Crippen LogP contribution in [0.4, 0.5) is 0 Å². The first-order chi connectivity index (χ1) is 11.0. The highest BCUT2D eigenvalue weighted by Gasteiger charge is 2.42. The molecule has 0 unspecified atom stereocenters. The summed E-state index contributed by atoms with van der Waals surface area (Å²) in [6, 6.07) is 6.60. The van der Waals surface area contributed by atoms with Crippen LogP contribution in [0.5, 0.6) is 0 Å². The molecule has 3 aliphatic heterocycles. The monoisotopic (exact) mass is 366 g/mol. The van der Waals surface area contributed by atoms with Crippen LogP contribution in [0.25, 0.3) is 9.75 Å². The molecule has 0 aliphatic carbocycles. The maximum Gasteiger partial charge on any atom is 0.259 e. The Kier molecular flexibility index (Phi) is 4.00.